The van der Waals surface area contributed by atoms with Crippen molar-refractivity contribution in [2.75, 3.05) is 0 Å². The molecule has 6 heteroatoms. The lowest BCUT2D eigenvalue weighted by molar-refractivity contribution is 0.140. The first-order valence-electron chi connectivity index (χ1n) is 3.55. The second-order valence-electron chi connectivity index (χ2n) is 2.43. The zero-order chi connectivity index (χ0) is 10.7. The summed E-state index contributed by atoms with van der Waals surface area (Å²) in [7, 11) is 0. The largest absolute Gasteiger partial charge is 0.283 e. The Labute approximate surface area is 82.9 Å². The molecule has 0 aliphatic heterocycles. The van der Waals surface area contributed by atoms with Gasteiger partial charge in [0.1, 0.15) is 5.69 Å². The molecule has 0 saturated carbocycles. The predicted octanol–water partition coefficient (Wildman–Crippen LogP) is 2.88. The highest BCUT2D eigenvalue weighted by Gasteiger charge is 2.19. The molecule has 0 N–H and O–H groups in total. The number of rotatable bonds is 2. The van der Waals surface area contributed by atoms with Crippen LogP contribution in [0, 0.1) is 17.1 Å². The standard InChI is InChI=1S/C8H4ClF3N2/c9-5-4(1-2-13)3-14-7(6(5)10)8(11)12/h3,8H,1H2. The Bertz CT molecular complexity index is 387. The normalized spacial score (nSPS) is 10.3. The van der Waals surface area contributed by atoms with Crippen molar-refractivity contribution in [3.8, 4) is 6.07 Å². The van der Waals surface area contributed by atoms with Crippen LogP contribution in [0.3, 0.4) is 0 Å². The Kier molecular flexibility index (Phi) is 3.31. The van der Waals surface area contributed by atoms with E-state index in [2.05, 4.69) is 4.98 Å². The van der Waals surface area contributed by atoms with Gasteiger partial charge in [0.25, 0.3) is 6.43 Å². The Balaban J connectivity index is 3.20. The summed E-state index contributed by atoms with van der Waals surface area (Å²) >= 11 is 5.42. The summed E-state index contributed by atoms with van der Waals surface area (Å²) < 4.78 is 37.3. The first-order valence-corrected chi connectivity index (χ1v) is 3.93. The van der Waals surface area contributed by atoms with E-state index in [4.69, 9.17) is 16.9 Å². The molecule has 0 saturated heterocycles. The smallest absolute Gasteiger partial charge is 0.252 e. The number of alkyl halides is 2. The third-order valence-electron chi connectivity index (χ3n) is 1.54. The molecule has 0 radical (unpaired) electrons. The Hall–Kier alpha value is -1.28. The highest BCUT2D eigenvalue weighted by molar-refractivity contribution is 6.31. The summed E-state index contributed by atoms with van der Waals surface area (Å²) in [6, 6.07) is 1.72. The number of aromatic nitrogens is 1. The van der Waals surface area contributed by atoms with E-state index in [9.17, 15) is 13.2 Å². The molecule has 74 valence electrons. The molecule has 0 aliphatic rings. The van der Waals surface area contributed by atoms with Crippen molar-refractivity contribution in [2.24, 2.45) is 0 Å². The van der Waals surface area contributed by atoms with Crippen LogP contribution in [0.25, 0.3) is 0 Å². The molecule has 14 heavy (non-hydrogen) atoms. The Morgan fingerprint density at radius 1 is 1.57 bits per heavy atom. The summed E-state index contributed by atoms with van der Waals surface area (Å²) in [6.07, 6.45) is -2.19. The van der Waals surface area contributed by atoms with Crippen molar-refractivity contribution in [3.63, 3.8) is 0 Å². The van der Waals surface area contributed by atoms with Gasteiger partial charge >= 0.3 is 0 Å². The molecule has 0 amide bonds. The number of pyridine rings is 1. The van der Waals surface area contributed by atoms with Gasteiger partial charge in [0, 0.05) is 11.8 Å². The second kappa shape index (κ2) is 4.29. The van der Waals surface area contributed by atoms with Gasteiger partial charge in [-0.05, 0) is 0 Å². The molecule has 1 heterocycles. The SMILES string of the molecule is N#CCc1cnc(C(F)F)c(F)c1Cl. The summed E-state index contributed by atoms with van der Waals surface area (Å²) in [5.74, 6) is -1.26. The first kappa shape index (κ1) is 10.8. The van der Waals surface area contributed by atoms with E-state index in [-0.39, 0.29) is 12.0 Å². The topological polar surface area (TPSA) is 36.7 Å². The fourth-order valence-electron chi connectivity index (χ4n) is 0.875. The third kappa shape index (κ3) is 1.96. The quantitative estimate of drug-likeness (QED) is 0.768. The van der Waals surface area contributed by atoms with Gasteiger partial charge in [-0.25, -0.2) is 13.2 Å². The summed E-state index contributed by atoms with van der Waals surface area (Å²) in [5, 5.41) is 7.85. The van der Waals surface area contributed by atoms with Crippen molar-refractivity contribution in [3.05, 3.63) is 28.3 Å². The molecule has 1 aromatic heterocycles. The maximum atomic E-state index is 13.1. The van der Waals surface area contributed by atoms with Crippen molar-refractivity contribution < 1.29 is 13.2 Å². The van der Waals surface area contributed by atoms with Gasteiger partial charge in [0.2, 0.25) is 0 Å². The summed E-state index contributed by atoms with van der Waals surface area (Å²) in [5.41, 5.74) is -0.882. The Morgan fingerprint density at radius 3 is 2.71 bits per heavy atom. The molecule has 1 aromatic rings. The molecule has 0 unspecified atom stereocenters. The van der Waals surface area contributed by atoms with Gasteiger partial charge in [0.15, 0.2) is 5.82 Å². The van der Waals surface area contributed by atoms with Crippen LogP contribution >= 0.6 is 11.6 Å². The van der Waals surface area contributed by atoms with Gasteiger partial charge < -0.3 is 0 Å². The zero-order valence-corrected chi connectivity index (χ0v) is 7.52. The number of nitriles is 1. The molecular weight excluding hydrogens is 217 g/mol. The van der Waals surface area contributed by atoms with Crippen LogP contribution in [0.15, 0.2) is 6.20 Å². The molecule has 0 fully saturated rings. The van der Waals surface area contributed by atoms with Crippen molar-refractivity contribution >= 4 is 11.6 Å². The van der Waals surface area contributed by atoms with Crippen molar-refractivity contribution in [2.45, 2.75) is 12.8 Å². The van der Waals surface area contributed by atoms with E-state index < -0.39 is 23.0 Å². The minimum Gasteiger partial charge on any atom is -0.252 e. The lowest BCUT2D eigenvalue weighted by Crippen LogP contribution is -1.99. The zero-order valence-electron chi connectivity index (χ0n) is 6.77. The molecule has 0 aliphatic carbocycles. The lowest BCUT2D eigenvalue weighted by Gasteiger charge is -2.04. The maximum Gasteiger partial charge on any atom is 0.283 e. The third-order valence-corrected chi connectivity index (χ3v) is 1.94. The summed E-state index contributed by atoms with van der Waals surface area (Å²) in [6.45, 7) is 0. The van der Waals surface area contributed by atoms with E-state index in [1.807, 2.05) is 0 Å². The molecule has 0 bridgehead atoms. The maximum absolute atomic E-state index is 13.1. The highest BCUT2D eigenvalue weighted by Crippen LogP contribution is 2.27. The van der Waals surface area contributed by atoms with Gasteiger partial charge in [0.05, 0.1) is 17.5 Å². The fourth-order valence-corrected chi connectivity index (χ4v) is 1.09. The van der Waals surface area contributed by atoms with Crippen LogP contribution in [-0.4, -0.2) is 4.98 Å². The number of nitrogens with zero attached hydrogens (tertiary/aromatic N) is 2. The van der Waals surface area contributed by atoms with Crippen LogP contribution in [0.1, 0.15) is 17.7 Å². The van der Waals surface area contributed by atoms with Crippen molar-refractivity contribution in [1.29, 1.82) is 5.26 Å². The second-order valence-corrected chi connectivity index (χ2v) is 2.81. The van der Waals surface area contributed by atoms with E-state index in [1.54, 1.807) is 6.07 Å². The minimum atomic E-state index is -3.01. The van der Waals surface area contributed by atoms with Crippen LogP contribution in [0.4, 0.5) is 13.2 Å². The van der Waals surface area contributed by atoms with Crippen LogP contribution < -0.4 is 0 Å². The Morgan fingerprint density at radius 2 is 2.21 bits per heavy atom. The molecule has 0 spiro atoms. The van der Waals surface area contributed by atoms with E-state index >= 15 is 0 Å². The van der Waals surface area contributed by atoms with Crippen LogP contribution in [0.5, 0.6) is 0 Å². The van der Waals surface area contributed by atoms with E-state index in [0.29, 0.717) is 0 Å². The van der Waals surface area contributed by atoms with Gasteiger partial charge in [-0.2, -0.15) is 5.26 Å². The van der Waals surface area contributed by atoms with Crippen LogP contribution in [0.2, 0.25) is 5.02 Å². The predicted molar refractivity (Wildman–Crippen MR) is 43.5 cm³/mol. The fraction of sp³-hybridized carbons (Fsp3) is 0.250. The number of hydrogen-bond donors (Lipinski definition) is 0. The number of hydrogen-bond acceptors (Lipinski definition) is 2. The molecular formula is C8H4ClF3N2. The molecule has 0 aromatic carbocycles. The first-order chi connectivity index (χ1) is 6.57. The molecule has 1 rings (SSSR count). The van der Waals surface area contributed by atoms with E-state index in [1.165, 1.54) is 0 Å². The molecule has 0 atom stereocenters. The average molecular weight is 221 g/mol. The average Bonchev–Trinajstić information content (AvgIpc) is 2.13. The van der Waals surface area contributed by atoms with Gasteiger partial charge in [-0.1, -0.05) is 11.6 Å². The number of halogens is 4. The van der Waals surface area contributed by atoms with Crippen molar-refractivity contribution in [1.82, 2.24) is 4.98 Å². The van der Waals surface area contributed by atoms with Gasteiger partial charge in [-0.15, -0.1) is 0 Å². The minimum absolute atomic E-state index is 0.107. The summed E-state index contributed by atoms with van der Waals surface area (Å²) in [4.78, 5) is 3.20. The lowest BCUT2D eigenvalue weighted by atomic mass is 10.2. The highest BCUT2D eigenvalue weighted by atomic mass is 35.5. The van der Waals surface area contributed by atoms with Crippen LogP contribution in [-0.2, 0) is 6.42 Å². The molecule has 2 nitrogen and oxygen atoms in total. The van der Waals surface area contributed by atoms with Gasteiger partial charge in [-0.3, -0.25) is 4.98 Å². The van der Waals surface area contributed by atoms with E-state index in [0.717, 1.165) is 6.20 Å². The monoisotopic (exact) mass is 220 g/mol.